The van der Waals surface area contributed by atoms with E-state index in [1.807, 2.05) is 6.08 Å². The molecule has 0 spiro atoms. The molecule has 3 nitrogen and oxygen atoms in total. The Kier molecular flexibility index (Phi) is 7.11. The van der Waals surface area contributed by atoms with Gasteiger partial charge in [-0.1, -0.05) is 6.08 Å². The predicted octanol–water partition coefficient (Wildman–Crippen LogP) is 2.08. The van der Waals surface area contributed by atoms with Gasteiger partial charge in [0.1, 0.15) is 0 Å². The van der Waals surface area contributed by atoms with E-state index in [9.17, 15) is 9.59 Å². The first-order chi connectivity index (χ1) is 6.59. The maximum absolute atomic E-state index is 11.0. The van der Waals surface area contributed by atoms with Crippen molar-refractivity contribution >= 4 is 23.4 Å². The first-order valence-corrected chi connectivity index (χ1v) is 4.95. The van der Waals surface area contributed by atoms with Crippen molar-refractivity contribution in [3.8, 4) is 0 Å². The summed E-state index contributed by atoms with van der Waals surface area (Å²) >= 11 is 5.47. The van der Waals surface area contributed by atoms with Gasteiger partial charge in [0, 0.05) is 0 Å². The van der Waals surface area contributed by atoms with Crippen molar-refractivity contribution in [3.63, 3.8) is 0 Å². The van der Waals surface area contributed by atoms with E-state index >= 15 is 0 Å². The number of hydrogen-bond acceptors (Lipinski definition) is 3. The first-order valence-electron chi connectivity index (χ1n) is 4.51. The highest BCUT2D eigenvalue weighted by Crippen LogP contribution is 2.02. The Morgan fingerprint density at radius 1 is 1.50 bits per heavy atom. The fourth-order valence-electron chi connectivity index (χ4n) is 0.803. The van der Waals surface area contributed by atoms with E-state index < -0.39 is 11.3 Å². The lowest BCUT2D eigenvalue weighted by atomic mass is 10.2. The van der Waals surface area contributed by atoms with Gasteiger partial charge >= 0.3 is 5.97 Å². The molecule has 0 heterocycles. The number of unbranched alkanes of at least 4 members (excludes halogenated alkanes) is 2. The third-order valence-corrected chi connectivity index (χ3v) is 2.10. The molecule has 0 saturated carbocycles. The van der Waals surface area contributed by atoms with Gasteiger partial charge in [-0.15, -0.1) is 18.2 Å². The maximum atomic E-state index is 11.0. The zero-order chi connectivity index (χ0) is 11.0. The summed E-state index contributed by atoms with van der Waals surface area (Å²) < 4.78 is 4.79. The fourth-order valence-corrected chi connectivity index (χ4v) is 0.866. The van der Waals surface area contributed by atoms with Crippen LogP contribution >= 0.6 is 11.6 Å². The van der Waals surface area contributed by atoms with Crippen LogP contribution in [0, 0.1) is 0 Å². The average Bonchev–Trinajstić information content (AvgIpc) is 2.16. The monoisotopic (exact) mass is 218 g/mol. The van der Waals surface area contributed by atoms with E-state index in [-0.39, 0.29) is 5.78 Å². The number of carbonyl (C=O) groups excluding carboxylic acids is 2. The number of Topliss-reactive ketones (excluding diaryl/α,β-unsaturated/α-hetero) is 1. The summed E-state index contributed by atoms with van der Waals surface area (Å²) in [6.07, 6.45) is 4.39. The summed E-state index contributed by atoms with van der Waals surface area (Å²) in [6, 6.07) is 0. The molecular formula is C10H15ClO3. The third kappa shape index (κ3) is 5.75. The van der Waals surface area contributed by atoms with Crippen LogP contribution in [0.3, 0.4) is 0 Å². The highest BCUT2D eigenvalue weighted by Gasteiger charge is 2.21. The minimum absolute atomic E-state index is 0.309. The van der Waals surface area contributed by atoms with Crippen LogP contribution in [0.1, 0.15) is 26.2 Å². The lowest BCUT2D eigenvalue weighted by molar-refractivity contribution is -0.145. The molecule has 0 aliphatic heterocycles. The van der Waals surface area contributed by atoms with Crippen molar-refractivity contribution in [1.82, 2.24) is 0 Å². The zero-order valence-electron chi connectivity index (χ0n) is 8.29. The third-order valence-electron chi connectivity index (χ3n) is 1.61. The van der Waals surface area contributed by atoms with Gasteiger partial charge in [0.25, 0.3) is 0 Å². The molecule has 0 aromatic rings. The van der Waals surface area contributed by atoms with Crippen molar-refractivity contribution in [2.45, 2.75) is 31.6 Å². The summed E-state index contributed by atoms with van der Waals surface area (Å²) in [5, 5.41) is -1.16. The van der Waals surface area contributed by atoms with E-state index in [1.54, 1.807) is 0 Å². The molecule has 0 fully saturated rings. The molecule has 0 saturated heterocycles. The van der Waals surface area contributed by atoms with Crippen LogP contribution in [0.5, 0.6) is 0 Å². The molecule has 1 atom stereocenters. The van der Waals surface area contributed by atoms with Crippen LogP contribution < -0.4 is 0 Å². The number of allylic oxidation sites excluding steroid dienone is 1. The van der Waals surface area contributed by atoms with Gasteiger partial charge in [-0.25, -0.2) is 4.79 Å². The molecule has 0 aliphatic rings. The highest BCUT2D eigenvalue weighted by atomic mass is 35.5. The van der Waals surface area contributed by atoms with Crippen molar-refractivity contribution < 1.29 is 14.3 Å². The van der Waals surface area contributed by atoms with Crippen molar-refractivity contribution in [1.29, 1.82) is 0 Å². The normalized spacial score (nSPS) is 11.9. The number of hydrogen-bond donors (Lipinski definition) is 0. The van der Waals surface area contributed by atoms with E-state index in [0.717, 1.165) is 19.3 Å². The number of rotatable bonds is 7. The Hall–Kier alpha value is -0.830. The second-order valence-electron chi connectivity index (χ2n) is 2.93. The molecule has 1 unspecified atom stereocenters. The van der Waals surface area contributed by atoms with Gasteiger partial charge in [-0.05, 0) is 26.2 Å². The quantitative estimate of drug-likeness (QED) is 0.216. The predicted molar refractivity (Wildman–Crippen MR) is 55.3 cm³/mol. The summed E-state index contributed by atoms with van der Waals surface area (Å²) in [6.45, 7) is 5.14. The maximum Gasteiger partial charge on any atom is 0.331 e. The van der Waals surface area contributed by atoms with E-state index in [0.29, 0.717) is 6.61 Å². The molecule has 0 N–H and O–H groups in total. The molecule has 0 aromatic heterocycles. The topological polar surface area (TPSA) is 43.4 Å². The minimum atomic E-state index is -1.16. The second kappa shape index (κ2) is 7.56. The molecule has 0 amide bonds. The van der Waals surface area contributed by atoms with Crippen molar-refractivity contribution in [3.05, 3.63) is 12.7 Å². The van der Waals surface area contributed by atoms with Crippen LogP contribution in [0.25, 0.3) is 0 Å². The summed E-state index contributed by atoms with van der Waals surface area (Å²) in [5.41, 5.74) is 0. The number of esters is 1. The average molecular weight is 219 g/mol. The second-order valence-corrected chi connectivity index (χ2v) is 3.36. The first kappa shape index (κ1) is 13.2. The van der Waals surface area contributed by atoms with Gasteiger partial charge in [-0.3, -0.25) is 4.79 Å². The highest BCUT2D eigenvalue weighted by molar-refractivity contribution is 6.40. The molecular weight excluding hydrogens is 204 g/mol. The summed E-state index contributed by atoms with van der Waals surface area (Å²) in [5.74, 6) is -1.04. The Bertz CT molecular complexity index is 213. The van der Waals surface area contributed by atoms with E-state index in [2.05, 4.69) is 6.58 Å². The van der Waals surface area contributed by atoms with Gasteiger partial charge in [-0.2, -0.15) is 0 Å². The summed E-state index contributed by atoms with van der Waals surface area (Å²) in [4.78, 5) is 21.7. The number of ether oxygens (including phenoxy) is 1. The number of halogens is 1. The Balaban J connectivity index is 3.53. The molecule has 14 heavy (non-hydrogen) atoms. The standard InChI is InChI=1S/C10H15ClO3/c1-3-4-5-6-7-14-10(13)9(11)8(2)12/h3,9H,1,4-7H2,2H3. The lowest BCUT2D eigenvalue weighted by Crippen LogP contribution is -2.24. The lowest BCUT2D eigenvalue weighted by Gasteiger charge is -2.06. The Labute approximate surface area is 89.1 Å². The van der Waals surface area contributed by atoms with Crippen LogP contribution in [0.15, 0.2) is 12.7 Å². The van der Waals surface area contributed by atoms with Crippen LogP contribution in [-0.2, 0) is 14.3 Å². The largest absolute Gasteiger partial charge is 0.464 e. The SMILES string of the molecule is C=CCCCCOC(=O)C(Cl)C(C)=O. The Morgan fingerprint density at radius 3 is 2.64 bits per heavy atom. The Morgan fingerprint density at radius 2 is 2.14 bits per heavy atom. The van der Waals surface area contributed by atoms with Crippen molar-refractivity contribution in [2.75, 3.05) is 6.61 Å². The fraction of sp³-hybridized carbons (Fsp3) is 0.600. The molecule has 80 valence electrons. The van der Waals surface area contributed by atoms with Crippen LogP contribution in [0.2, 0.25) is 0 Å². The van der Waals surface area contributed by atoms with Gasteiger partial charge in [0.2, 0.25) is 0 Å². The van der Waals surface area contributed by atoms with Gasteiger partial charge in [0.15, 0.2) is 11.2 Å². The van der Waals surface area contributed by atoms with Crippen LogP contribution in [0.4, 0.5) is 0 Å². The summed E-state index contributed by atoms with van der Waals surface area (Å²) in [7, 11) is 0. The number of alkyl halides is 1. The van der Waals surface area contributed by atoms with E-state index in [4.69, 9.17) is 16.3 Å². The number of carbonyl (C=O) groups is 2. The molecule has 0 rings (SSSR count). The van der Waals surface area contributed by atoms with Gasteiger partial charge in [0.05, 0.1) is 6.61 Å². The molecule has 0 radical (unpaired) electrons. The minimum Gasteiger partial charge on any atom is -0.464 e. The molecule has 0 aromatic carbocycles. The van der Waals surface area contributed by atoms with Crippen molar-refractivity contribution in [2.24, 2.45) is 0 Å². The van der Waals surface area contributed by atoms with E-state index in [1.165, 1.54) is 6.92 Å². The number of ketones is 1. The molecule has 4 heteroatoms. The smallest absolute Gasteiger partial charge is 0.331 e. The van der Waals surface area contributed by atoms with Crippen LogP contribution in [-0.4, -0.2) is 23.7 Å². The zero-order valence-corrected chi connectivity index (χ0v) is 9.05. The molecule has 0 aliphatic carbocycles. The van der Waals surface area contributed by atoms with Gasteiger partial charge < -0.3 is 4.74 Å². The molecule has 0 bridgehead atoms.